The van der Waals surface area contributed by atoms with Crippen LogP contribution >= 0.6 is 10.8 Å². The van der Waals surface area contributed by atoms with Crippen molar-refractivity contribution in [2.75, 3.05) is 64.5 Å². The zero-order chi connectivity index (χ0) is 32.4. The number of para-hydroxylation sites is 1. The lowest BCUT2D eigenvalue weighted by molar-refractivity contribution is -0.144. The number of anilines is 1. The summed E-state index contributed by atoms with van der Waals surface area (Å²) in [4.78, 5) is 18.2. The molecule has 6 rings (SSSR count). The number of carbonyl (C=O) groups is 1. The molecular weight excluding hydrogens is 604 g/mol. The van der Waals surface area contributed by atoms with Gasteiger partial charge in [0.2, 0.25) is 0 Å². The Morgan fingerprint density at radius 3 is 2.61 bits per heavy atom. The van der Waals surface area contributed by atoms with Gasteiger partial charge in [-0.25, -0.2) is 4.68 Å². The van der Waals surface area contributed by atoms with Gasteiger partial charge in [0.05, 0.1) is 35.7 Å². The Balaban J connectivity index is 1.30. The lowest BCUT2D eigenvalue weighted by atomic mass is 9.84. The van der Waals surface area contributed by atoms with Crippen molar-refractivity contribution in [3.8, 4) is 0 Å². The first kappa shape index (κ1) is 32.4. The van der Waals surface area contributed by atoms with Crippen LogP contribution < -0.4 is 4.90 Å². The Hall–Kier alpha value is -3.52. The number of fused-ring (bicyclic) bond motifs is 2. The number of benzene rings is 3. The zero-order valence-electron chi connectivity index (χ0n) is 27.1. The molecule has 1 unspecified atom stereocenters. The third-order valence-electron chi connectivity index (χ3n) is 9.34. The van der Waals surface area contributed by atoms with Gasteiger partial charge in [-0.1, -0.05) is 41.6 Å². The Labute approximate surface area is 272 Å². The van der Waals surface area contributed by atoms with Gasteiger partial charge in [0.25, 0.3) is 0 Å². The summed E-state index contributed by atoms with van der Waals surface area (Å²) in [6, 6.07) is 17.8. The average Bonchev–Trinajstić information content (AvgIpc) is 3.40. The van der Waals surface area contributed by atoms with E-state index >= 15 is 0 Å². The summed E-state index contributed by atoms with van der Waals surface area (Å²) >= 11 is 0. The number of esters is 1. The number of morpholine rings is 1. The van der Waals surface area contributed by atoms with Gasteiger partial charge in [0.15, 0.2) is 0 Å². The summed E-state index contributed by atoms with van der Waals surface area (Å²) in [5, 5.41) is 8.63. The number of aromatic nitrogens is 3. The highest BCUT2D eigenvalue weighted by Crippen LogP contribution is 2.56. The second kappa shape index (κ2) is 13.7. The number of rotatable bonds is 9. The van der Waals surface area contributed by atoms with E-state index in [1.165, 1.54) is 0 Å². The normalized spacial score (nSPS) is 18.6. The summed E-state index contributed by atoms with van der Waals surface area (Å²) < 4.78 is 37.9. The minimum absolute atomic E-state index is 0.162. The monoisotopic (exact) mass is 648 g/mol. The van der Waals surface area contributed by atoms with E-state index in [0.29, 0.717) is 50.9 Å². The van der Waals surface area contributed by atoms with Gasteiger partial charge in [-0.15, -0.1) is 15.9 Å². The fourth-order valence-corrected chi connectivity index (χ4v) is 8.16. The number of aryl methyl sites for hydroxylation is 3. The number of carbonyl (C=O) groups excluding carboxylic acids is 1. The second-order valence-electron chi connectivity index (χ2n) is 12.2. The molecule has 0 spiro atoms. The molecule has 0 bridgehead atoms. The molecule has 46 heavy (non-hydrogen) atoms. The van der Waals surface area contributed by atoms with Gasteiger partial charge in [-0.3, -0.25) is 18.8 Å². The van der Waals surface area contributed by atoms with Gasteiger partial charge in [0.1, 0.15) is 12.1 Å². The Bertz CT molecular complexity index is 1700. The summed E-state index contributed by atoms with van der Waals surface area (Å²) in [5.74, 6) is -0.557. The first-order chi connectivity index (χ1) is 22.1. The van der Waals surface area contributed by atoms with E-state index in [4.69, 9.17) is 9.47 Å². The van der Waals surface area contributed by atoms with Gasteiger partial charge in [-0.2, -0.15) is 4.31 Å². The van der Waals surface area contributed by atoms with Crippen LogP contribution in [0.5, 0.6) is 0 Å². The van der Waals surface area contributed by atoms with Crippen LogP contribution in [0.2, 0.25) is 0 Å². The van der Waals surface area contributed by atoms with Gasteiger partial charge < -0.3 is 14.4 Å². The van der Waals surface area contributed by atoms with Crippen molar-refractivity contribution in [2.45, 2.75) is 37.6 Å². The third-order valence-corrected chi connectivity index (χ3v) is 11.3. The molecule has 246 valence electrons. The van der Waals surface area contributed by atoms with E-state index in [1.54, 1.807) is 15.1 Å². The SMILES string of the molecule is Cc1ccc(C(CC(=O)OCCN2CCOCC2)c2ccc3c(nnn3C)c2C)cc1CN1CCN(C)c2ccccc2S1(O)O. The fraction of sp³-hybridized carbons (Fsp3) is 0.441. The zero-order valence-corrected chi connectivity index (χ0v) is 27.9. The topological polar surface area (TPSA) is 116 Å². The highest BCUT2D eigenvalue weighted by atomic mass is 32.3. The van der Waals surface area contributed by atoms with Crippen LogP contribution in [0.25, 0.3) is 11.0 Å². The van der Waals surface area contributed by atoms with Crippen LogP contribution in [0, 0.1) is 13.8 Å². The van der Waals surface area contributed by atoms with Crippen molar-refractivity contribution in [3.05, 3.63) is 82.4 Å². The Morgan fingerprint density at radius 1 is 1.02 bits per heavy atom. The lowest BCUT2D eigenvalue weighted by Gasteiger charge is -2.42. The van der Waals surface area contributed by atoms with Gasteiger partial charge in [-0.05, 0) is 59.9 Å². The maximum Gasteiger partial charge on any atom is 0.306 e. The maximum atomic E-state index is 13.4. The van der Waals surface area contributed by atoms with Crippen LogP contribution in [0.1, 0.15) is 40.2 Å². The molecule has 0 radical (unpaired) electrons. The quantitative estimate of drug-likeness (QED) is 0.241. The molecule has 2 aliphatic rings. The molecule has 1 atom stereocenters. The number of hydrogen-bond acceptors (Lipinski definition) is 10. The first-order valence-corrected chi connectivity index (χ1v) is 17.3. The van der Waals surface area contributed by atoms with Crippen molar-refractivity contribution in [2.24, 2.45) is 7.05 Å². The Morgan fingerprint density at radius 2 is 1.80 bits per heavy atom. The molecule has 0 saturated carbocycles. The predicted molar refractivity (Wildman–Crippen MR) is 180 cm³/mol. The average molecular weight is 649 g/mol. The molecule has 0 aliphatic carbocycles. The molecule has 12 heteroatoms. The van der Waals surface area contributed by atoms with E-state index in [9.17, 15) is 13.9 Å². The van der Waals surface area contributed by atoms with Crippen LogP contribution in [-0.4, -0.2) is 98.9 Å². The maximum absolute atomic E-state index is 13.4. The molecule has 0 amide bonds. The van der Waals surface area contributed by atoms with Crippen LogP contribution in [0.3, 0.4) is 0 Å². The number of likely N-dealkylation sites (N-methyl/N-ethyl adjacent to an activating group) is 1. The lowest BCUT2D eigenvalue weighted by Crippen LogP contribution is -2.38. The van der Waals surface area contributed by atoms with Crippen LogP contribution in [0.4, 0.5) is 5.69 Å². The van der Waals surface area contributed by atoms with Crippen LogP contribution in [-0.2, 0) is 27.9 Å². The van der Waals surface area contributed by atoms with Crippen molar-refractivity contribution in [1.82, 2.24) is 24.2 Å². The number of ether oxygens (including phenoxy) is 2. The Kier molecular flexibility index (Phi) is 9.64. The van der Waals surface area contributed by atoms with E-state index in [1.807, 2.05) is 52.2 Å². The molecule has 1 saturated heterocycles. The molecular formula is C34H44N6O5S. The second-order valence-corrected chi connectivity index (χ2v) is 14.2. The van der Waals surface area contributed by atoms with Crippen molar-refractivity contribution in [1.29, 1.82) is 0 Å². The van der Waals surface area contributed by atoms with E-state index in [0.717, 1.165) is 57.6 Å². The van der Waals surface area contributed by atoms with Crippen LogP contribution in [0.15, 0.2) is 59.5 Å². The minimum atomic E-state index is -3.23. The minimum Gasteiger partial charge on any atom is -0.464 e. The molecule has 3 aromatic carbocycles. The summed E-state index contributed by atoms with van der Waals surface area (Å²) in [7, 11) is 0.614. The van der Waals surface area contributed by atoms with Crippen molar-refractivity contribution >= 4 is 33.5 Å². The van der Waals surface area contributed by atoms with E-state index < -0.39 is 10.8 Å². The predicted octanol–water partition coefficient (Wildman–Crippen LogP) is 4.96. The van der Waals surface area contributed by atoms with E-state index in [2.05, 4.69) is 44.4 Å². The smallest absolute Gasteiger partial charge is 0.306 e. The highest BCUT2D eigenvalue weighted by Gasteiger charge is 2.32. The molecule has 1 aromatic heterocycles. The third kappa shape index (κ3) is 6.64. The molecule has 4 aromatic rings. The molecule has 2 aliphatic heterocycles. The standard InChI is InChI=1S/C34H44N6O5S/c1-24-9-10-26(21-27(24)23-40-14-13-37(3)30-7-5-6-8-32(30)46(40,42)43)29(22-33(41)45-20-17-39-15-18-44-19-16-39)28-11-12-31-34(25(28)2)35-36-38(31)4/h5-12,21,29,42-43H,13-20,22-23H2,1-4H3. The summed E-state index contributed by atoms with van der Waals surface area (Å²) in [6.45, 7) is 9.64. The molecule has 2 N–H and O–H groups in total. The fourth-order valence-electron chi connectivity index (χ4n) is 6.46. The van der Waals surface area contributed by atoms with Gasteiger partial charge in [0, 0.05) is 59.3 Å². The number of nitrogens with zero attached hydrogens (tertiary/aromatic N) is 6. The van der Waals surface area contributed by atoms with Gasteiger partial charge >= 0.3 is 5.97 Å². The van der Waals surface area contributed by atoms with Crippen molar-refractivity contribution in [3.63, 3.8) is 0 Å². The molecule has 11 nitrogen and oxygen atoms in total. The molecule has 3 heterocycles. The highest BCUT2D eigenvalue weighted by molar-refractivity contribution is 8.22. The summed E-state index contributed by atoms with van der Waals surface area (Å²) in [5.41, 5.74) is 7.50. The molecule has 1 fully saturated rings. The van der Waals surface area contributed by atoms with E-state index in [-0.39, 0.29) is 18.3 Å². The largest absolute Gasteiger partial charge is 0.464 e. The summed E-state index contributed by atoms with van der Waals surface area (Å²) in [6.07, 6.45) is 0.162. The van der Waals surface area contributed by atoms with Crippen molar-refractivity contribution < 1.29 is 23.4 Å². The number of hydrogen-bond donors (Lipinski definition) is 2. The first-order valence-electron chi connectivity index (χ1n) is 15.8.